The summed E-state index contributed by atoms with van der Waals surface area (Å²) in [7, 11) is 0. The van der Waals surface area contributed by atoms with Crippen LogP contribution in [-0.4, -0.2) is 61.7 Å². The zero-order chi connectivity index (χ0) is 30.9. The van der Waals surface area contributed by atoms with E-state index in [0.29, 0.717) is 18.4 Å². The number of aliphatic hydroxyl groups excluding tert-OH is 1. The number of hydrogen-bond donors (Lipinski definition) is 3. The van der Waals surface area contributed by atoms with Crippen LogP contribution < -0.4 is 5.73 Å². The Hall–Kier alpha value is -5.15. The first-order chi connectivity index (χ1) is 21.4. The Morgan fingerprint density at radius 1 is 0.795 bits per heavy atom. The third-order valence-corrected chi connectivity index (χ3v) is 7.87. The summed E-state index contributed by atoms with van der Waals surface area (Å²) in [6.07, 6.45) is 0.0458. The number of carbonyl (C=O) groups excluding carboxylic acids is 2. The van der Waals surface area contributed by atoms with Gasteiger partial charge in [0.2, 0.25) is 5.91 Å². The molecule has 0 radical (unpaired) electrons. The van der Waals surface area contributed by atoms with Crippen LogP contribution in [0.2, 0.25) is 0 Å². The second kappa shape index (κ2) is 14.3. The van der Waals surface area contributed by atoms with Crippen molar-refractivity contribution >= 4 is 17.8 Å². The van der Waals surface area contributed by atoms with Gasteiger partial charge in [0.05, 0.1) is 25.2 Å². The molecule has 4 N–H and O–H groups in total. The van der Waals surface area contributed by atoms with Crippen LogP contribution in [0.3, 0.4) is 0 Å². The first-order valence-electron chi connectivity index (χ1n) is 14.7. The van der Waals surface area contributed by atoms with E-state index in [1.165, 1.54) is 10.0 Å². The Morgan fingerprint density at radius 3 is 2.02 bits per heavy atom. The number of aliphatic hydroxyl groups is 1. The van der Waals surface area contributed by atoms with Gasteiger partial charge in [0.1, 0.15) is 0 Å². The zero-order valence-corrected chi connectivity index (χ0v) is 24.4. The number of nitrogens with two attached hydrogens (primary N) is 1. The van der Waals surface area contributed by atoms with Crippen LogP contribution in [-0.2, 0) is 30.7 Å². The highest BCUT2D eigenvalue weighted by atomic mass is 16.4. The monoisotopic (exact) mass is 591 g/mol. The molecular formula is C35H37N5O4. The molecule has 226 valence electrons. The van der Waals surface area contributed by atoms with Gasteiger partial charge in [-0.3, -0.25) is 4.79 Å². The van der Waals surface area contributed by atoms with E-state index in [9.17, 15) is 19.9 Å². The fraction of sp³-hybridized carbons (Fsp3) is 0.229. The minimum atomic E-state index is -1.03. The molecule has 2 atom stereocenters. The van der Waals surface area contributed by atoms with Gasteiger partial charge in [0.15, 0.2) is 5.84 Å². The highest BCUT2D eigenvalue weighted by molar-refractivity contribution is 5.97. The van der Waals surface area contributed by atoms with Crippen molar-refractivity contribution in [3.05, 3.63) is 143 Å². The van der Waals surface area contributed by atoms with E-state index in [1.54, 1.807) is 23.1 Å². The van der Waals surface area contributed by atoms with Crippen molar-refractivity contribution < 1.29 is 19.9 Å². The van der Waals surface area contributed by atoms with Crippen molar-refractivity contribution in [2.45, 2.75) is 44.5 Å². The summed E-state index contributed by atoms with van der Waals surface area (Å²) in [5, 5.41) is 27.0. The van der Waals surface area contributed by atoms with Gasteiger partial charge in [-0.2, -0.15) is 0 Å². The minimum absolute atomic E-state index is 0.0373. The Kier molecular flexibility index (Phi) is 9.89. The van der Waals surface area contributed by atoms with E-state index in [4.69, 9.17) is 5.73 Å². The zero-order valence-electron chi connectivity index (χ0n) is 24.4. The average molecular weight is 592 g/mol. The van der Waals surface area contributed by atoms with Crippen molar-refractivity contribution in [1.29, 1.82) is 0 Å². The van der Waals surface area contributed by atoms with Crippen molar-refractivity contribution in [2.24, 2.45) is 10.9 Å². The summed E-state index contributed by atoms with van der Waals surface area (Å²) < 4.78 is 0. The molecular weight excluding hydrogens is 554 g/mol. The van der Waals surface area contributed by atoms with E-state index < -0.39 is 18.2 Å². The molecule has 0 aliphatic carbocycles. The topological polar surface area (TPSA) is 123 Å². The van der Waals surface area contributed by atoms with Gasteiger partial charge in [-0.1, -0.05) is 114 Å². The SMILES string of the molecule is N/C(=N/O)c1cccc(CN2C(=O)N(Cc3ccccc3)N(C(=O)CCc3ccccc3)C[C@@H](O)[C@H]2Cc2ccccc2)c1. The number of nitrogens with zero attached hydrogens (tertiary/aromatic N) is 4. The minimum Gasteiger partial charge on any atom is -0.409 e. The fourth-order valence-corrected chi connectivity index (χ4v) is 5.54. The molecule has 1 aliphatic rings. The normalized spacial score (nSPS) is 17.4. The van der Waals surface area contributed by atoms with Crippen LogP contribution in [0.1, 0.15) is 34.2 Å². The van der Waals surface area contributed by atoms with Gasteiger partial charge in [0, 0.05) is 18.5 Å². The summed E-state index contributed by atoms with van der Waals surface area (Å²) in [6, 6.07) is 35.0. The lowest BCUT2D eigenvalue weighted by Crippen LogP contribution is -2.52. The summed E-state index contributed by atoms with van der Waals surface area (Å²) >= 11 is 0. The standard InChI is InChI=1S/C35H37N5O4/c36-34(37-44)30-18-10-17-29(21-30)23-38-31(22-27-13-6-2-7-14-27)32(41)25-39(33(42)20-19-26-11-4-1-5-12-26)40(35(38)43)24-28-15-8-3-9-16-28/h1-18,21,31-32,41,44H,19-20,22-25H2,(H2,36,37)/t31-,32-/m1/s1. The Labute approximate surface area is 257 Å². The van der Waals surface area contributed by atoms with Crippen molar-refractivity contribution in [1.82, 2.24) is 14.9 Å². The molecule has 1 heterocycles. The van der Waals surface area contributed by atoms with Gasteiger partial charge in [-0.15, -0.1) is 0 Å². The number of β-amino-alcohol motifs (C(OH)–C–C–N with tert-alkyl or cyclic N) is 1. The smallest absolute Gasteiger partial charge is 0.339 e. The number of hydrogen-bond acceptors (Lipinski definition) is 5. The number of aryl methyl sites for hydroxylation is 1. The van der Waals surface area contributed by atoms with Gasteiger partial charge in [-0.25, -0.2) is 14.8 Å². The van der Waals surface area contributed by atoms with Crippen LogP contribution in [0, 0.1) is 0 Å². The van der Waals surface area contributed by atoms with Crippen molar-refractivity contribution in [3.8, 4) is 0 Å². The maximum atomic E-state index is 14.6. The predicted octanol–water partition coefficient (Wildman–Crippen LogP) is 4.57. The lowest BCUT2D eigenvalue weighted by molar-refractivity contribution is -0.147. The predicted molar refractivity (Wildman–Crippen MR) is 168 cm³/mol. The molecule has 0 aromatic heterocycles. The van der Waals surface area contributed by atoms with E-state index in [2.05, 4.69) is 5.16 Å². The Balaban J connectivity index is 1.52. The quantitative estimate of drug-likeness (QED) is 0.108. The Bertz CT molecular complexity index is 1570. The summed E-state index contributed by atoms with van der Waals surface area (Å²) in [6.45, 7) is 0.254. The number of benzene rings is 4. The number of hydrazine groups is 1. The molecule has 0 unspecified atom stereocenters. The molecule has 0 saturated carbocycles. The van der Waals surface area contributed by atoms with E-state index in [-0.39, 0.29) is 37.8 Å². The molecule has 4 aromatic rings. The number of urea groups is 1. The van der Waals surface area contributed by atoms with E-state index in [1.807, 2.05) is 97.1 Å². The van der Waals surface area contributed by atoms with Crippen molar-refractivity contribution in [2.75, 3.05) is 6.54 Å². The first-order valence-corrected chi connectivity index (χ1v) is 14.7. The van der Waals surface area contributed by atoms with Crippen LogP contribution in [0.4, 0.5) is 4.79 Å². The maximum absolute atomic E-state index is 14.6. The third-order valence-electron chi connectivity index (χ3n) is 7.87. The molecule has 5 rings (SSSR count). The second-order valence-electron chi connectivity index (χ2n) is 10.9. The van der Waals surface area contributed by atoms with E-state index in [0.717, 1.165) is 22.3 Å². The van der Waals surface area contributed by atoms with E-state index >= 15 is 0 Å². The van der Waals surface area contributed by atoms with Gasteiger partial charge in [-0.05, 0) is 41.2 Å². The van der Waals surface area contributed by atoms with Crippen LogP contribution in [0.5, 0.6) is 0 Å². The largest absolute Gasteiger partial charge is 0.409 e. The second-order valence-corrected chi connectivity index (χ2v) is 10.9. The van der Waals surface area contributed by atoms with Crippen LogP contribution in [0.25, 0.3) is 0 Å². The van der Waals surface area contributed by atoms with Crippen LogP contribution >= 0.6 is 0 Å². The lowest BCUT2D eigenvalue weighted by atomic mass is 9.98. The number of oxime groups is 1. The van der Waals surface area contributed by atoms with Crippen molar-refractivity contribution in [3.63, 3.8) is 0 Å². The lowest BCUT2D eigenvalue weighted by Gasteiger charge is -2.36. The van der Waals surface area contributed by atoms with Crippen LogP contribution in [0.15, 0.2) is 120 Å². The van der Waals surface area contributed by atoms with Gasteiger partial charge >= 0.3 is 6.03 Å². The molecule has 9 nitrogen and oxygen atoms in total. The van der Waals surface area contributed by atoms with Gasteiger partial charge < -0.3 is 20.9 Å². The number of carbonyl (C=O) groups is 2. The summed E-state index contributed by atoms with van der Waals surface area (Å²) in [5.41, 5.74) is 9.93. The fourth-order valence-electron chi connectivity index (χ4n) is 5.54. The van der Waals surface area contributed by atoms with Gasteiger partial charge in [0.25, 0.3) is 0 Å². The number of amides is 3. The molecule has 4 aromatic carbocycles. The highest BCUT2D eigenvalue weighted by Gasteiger charge is 2.41. The molecule has 1 fully saturated rings. The molecule has 44 heavy (non-hydrogen) atoms. The number of rotatable bonds is 10. The first kappa shape index (κ1) is 30.3. The molecule has 9 heteroatoms. The highest BCUT2D eigenvalue weighted by Crippen LogP contribution is 2.26. The number of amidine groups is 1. The third kappa shape index (κ3) is 7.43. The molecule has 0 spiro atoms. The Morgan fingerprint density at radius 2 is 1.39 bits per heavy atom. The molecule has 1 aliphatic heterocycles. The maximum Gasteiger partial charge on any atom is 0.339 e. The summed E-state index contributed by atoms with van der Waals surface area (Å²) in [5.74, 6) is -0.290. The molecule has 3 amide bonds. The average Bonchev–Trinajstić information content (AvgIpc) is 3.15. The molecule has 0 bridgehead atoms. The summed E-state index contributed by atoms with van der Waals surface area (Å²) in [4.78, 5) is 30.1. The molecule has 1 saturated heterocycles.